The largest absolute Gasteiger partial charge is 0.480 e. The summed E-state index contributed by atoms with van der Waals surface area (Å²) >= 11 is 3.41. The zero-order valence-corrected chi connectivity index (χ0v) is 12.9. The number of halogens is 1. The Bertz CT molecular complexity index is 659. The fourth-order valence-electron chi connectivity index (χ4n) is 1.73. The Hall–Kier alpha value is -1.95. The fourth-order valence-corrected chi connectivity index (χ4v) is 2.10. The molecule has 0 saturated heterocycles. The van der Waals surface area contributed by atoms with E-state index in [2.05, 4.69) is 25.9 Å². The van der Waals surface area contributed by atoms with Crippen LogP contribution in [0.1, 0.15) is 21.6 Å². The van der Waals surface area contributed by atoms with Crippen molar-refractivity contribution in [1.29, 1.82) is 0 Å². The van der Waals surface area contributed by atoms with Crippen molar-refractivity contribution in [2.45, 2.75) is 6.92 Å². The van der Waals surface area contributed by atoms with Gasteiger partial charge in [-0.15, -0.1) is 0 Å². The van der Waals surface area contributed by atoms with Gasteiger partial charge in [0, 0.05) is 10.0 Å². The Kier molecular flexibility index (Phi) is 4.34. The SMILES string of the molecule is COc1cnc(C(=O)c2cccc(Br)c2C)c(OC)n1. The highest BCUT2D eigenvalue weighted by Crippen LogP contribution is 2.25. The van der Waals surface area contributed by atoms with Gasteiger partial charge in [-0.05, 0) is 18.6 Å². The van der Waals surface area contributed by atoms with Crippen LogP contribution in [0, 0.1) is 6.92 Å². The van der Waals surface area contributed by atoms with Gasteiger partial charge < -0.3 is 9.47 Å². The molecular weight excluding hydrogens is 324 g/mol. The minimum Gasteiger partial charge on any atom is -0.480 e. The van der Waals surface area contributed by atoms with Crippen molar-refractivity contribution in [3.63, 3.8) is 0 Å². The molecule has 0 aliphatic carbocycles. The van der Waals surface area contributed by atoms with Crippen LogP contribution < -0.4 is 9.47 Å². The van der Waals surface area contributed by atoms with E-state index >= 15 is 0 Å². The van der Waals surface area contributed by atoms with Crippen molar-refractivity contribution in [3.05, 3.63) is 45.7 Å². The number of ketones is 1. The van der Waals surface area contributed by atoms with Gasteiger partial charge in [0.15, 0.2) is 5.69 Å². The van der Waals surface area contributed by atoms with Crippen LogP contribution in [0.2, 0.25) is 0 Å². The second-order valence-electron chi connectivity index (χ2n) is 4.01. The molecular formula is C14H13BrN2O3. The van der Waals surface area contributed by atoms with Gasteiger partial charge in [0.25, 0.3) is 0 Å². The lowest BCUT2D eigenvalue weighted by atomic mass is 10.0. The molecule has 0 spiro atoms. The highest BCUT2D eigenvalue weighted by atomic mass is 79.9. The predicted octanol–water partition coefficient (Wildman–Crippen LogP) is 2.80. The average Bonchev–Trinajstić information content (AvgIpc) is 2.48. The molecule has 0 fully saturated rings. The molecule has 0 unspecified atom stereocenters. The van der Waals surface area contributed by atoms with Crippen LogP contribution in [0.3, 0.4) is 0 Å². The highest BCUT2D eigenvalue weighted by Gasteiger charge is 2.20. The first-order valence-electron chi connectivity index (χ1n) is 5.83. The van der Waals surface area contributed by atoms with Crippen LogP contribution in [0.5, 0.6) is 11.8 Å². The van der Waals surface area contributed by atoms with E-state index in [1.165, 1.54) is 20.4 Å². The van der Waals surface area contributed by atoms with Crippen LogP contribution in [0.15, 0.2) is 28.9 Å². The highest BCUT2D eigenvalue weighted by molar-refractivity contribution is 9.10. The van der Waals surface area contributed by atoms with Crippen molar-refractivity contribution < 1.29 is 14.3 Å². The predicted molar refractivity (Wildman–Crippen MR) is 77.4 cm³/mol. The van der Waals surface area contributed by atoms with Crippen LogP contribution in [-0.2, 0) is 0 Å². The first kappa shape index (κ1) is 14.5. The standard InChI is InChI=1S/C14H13BrN2O3/c1-8-9(5-4-6-10(8)15)13(18)12-14(20-3)17-11(19-2)7-16-12/h4-7H,1-3H3. The number of methoxy groups -OCH3 is 2. The van der Waals surface area contributed by atoms with Gasteiger partial charge in [0.05, 0.1) is 20.4 Å². The summed E-state index contributed by atoms with van der Waals surface area (Å²) in [5.74, 6) is 0.203. The zero-order valence-electron chi connectivity index (χ0n) is 11.3. The molecule has 1 heterocycles. The lowest BCUT2D eigenvalue weighted by Crippen LogP contribution is -2.10. The number of hydrogen-bond acceptors (Lipinski definition) is 5. The minimum absolute atomic E-state index is 0.147. The molecule has 20 heavy (non-hydrogen) atoms. The lowest BCUT2D eigenvalue weighted by Gasteiger charge is -2.09. The van der Waals surface area contributed by atoms with Crippen molar-refractivity contribution in [3.8, 4) is 11.8 Å². The number of carbonyl (C=O) groups excluding carboxylic acids is 1. The van der Waals surface area contributed by atoms with E-state index in [-0.39, 0.29) is 17.4 Å². The number of ether oxygens (including phenoxy) is 2. The number of nitrogens with zero attached hydrogens (tertiary/aromatic N) is 2. The first-order valence-corrected chi connectivity index (χ1v) is 6.62. The second kappa shape index (κ2) is 6.00. The molecule has 0 N–H and O–H groups in total. The van der Waals surface area contributed by atoms with Crippen molar-refractivity contribution in [2.75, 3.05) is 14.2 Å². The van der Waals surface area contributed by atoms with Crippen LogP contribution >= 0.6 is 15.9 Å². The Morgan fingerprint density at radius 1 is 1.25 bits per heavy atom. The number of hydrogen-bond donors (Lipinski definition) is 0. The molecule has 1 aromatic carbocycles. The molecule has 0 atom stereocenters. The van der Waals surface area contributed by atoms with Crippen molar-refractivity contribution in [1.82, 2.24) is 9.97 Å². The maximum Gasteiger partial charge on any atom is 0.247 e. The van der Waals surface area contributed by atoms with Crippen molar-refractivity contribution in [2.24, 2.45) is 0 Å². The smallest absolute Gasteiger partial charge is 0.247 e. The van der Waals surface area contributed by atoms with Gasteiger partial charge >= 0.3 is 0 Å². The van der Waals surface area contributed by atoms with E-state index in [4.69, 9.17) is 9.47 Å². The van der Waals surface area contributed by atoms with E-state index in [0.717, 1.165) is 10.0 Å². The molecule has 0 radical (unpaired) electrons. The molecule has 2 aromatic rings. The maximum atomic E-state index is 12.6. The second-order valence-corrected chi connectivity index (χ2v) is 4.87. The van der Waals surface area contributed by atoms with E-state index < -0.39 is 0 Å². The van der Waals surface area contributed by atoms with E-state index in [1.54, 1.807) is 12.1 Å². The van der Waals surface area contributed by atoms with E-state index in [1.807, 2.05) is 13.0 Å². The number of rotatable bonds is 4. The summed E-state index contributed by atoms with van der Waals surface area (Å²) < 4.78 is 10.9. The van der Waals surface area contributed by atoms with E-state index in [0.29, 0.717) is 11.4 Å². The molecule has 5 nitrogen and oxygen atoms in total. The van der Waals surface area contributed by atoms with Crippen molar-refractivity contribution >= 4 is 21.7 Å². The normalized spacial score (nSPS) is 10.2. The third-order valence-corrected chi connectivity index (χ3v) is 3.71. The third-order valence-electron chi connectivity index (χ3n) is 2.85. The summed E-state index contributed by atoms with van der Waals surface area (Å²) in [6, 6.07) is 5.42. The Labute approximate surface area is 125 Å². The average molecular weight is 337 g/mol. The quantitative estimate of drug-likeness (QED) is 0.803. The van der Waals surface area contributed by atoms with Gasteiger partial charge in [-0.3, -0.25) is 4.79 Å². The first-order chi connectivity index (χ1) is 9.58. The summed E-state index contributed by atoms with van der Waals surface area (Å²) in [5.41, 5.74) is 1.56. The molecule has 0 amide bonds. The third kappa shape index (κ3) is 2.65. The van der Waals surface area contributed by atoms with Gasteiger partial charge in [-0.1, -0.05) is 28.1 Å². The van der Waals surface area contributed by atoms with Crippen LogP contribution in [0.4, 0.5) is 0 Å². The lowest BCUT2D eigenvalue weighted by molar-refractivity contribution is 0.102. The molecule has 0 aliphatic rings. The summed E-state index contributed by atoms with van der Waals surface area (Å²) in [7, 11) is 2.91. The van der Waals surface area contributed by atoms with E-state index in [9.17, 15) is 4.79 Å². The van der Waals surface area contributed by atoms with Crippen LogP contribution in [0.25, 0.3) is 0 Å². The summed E-state index contributed by atoms with van der Waals surface area (Å²) in [5, 5.41) is 0. The zero-order chi connectivity index (χ0) is 14.7. The summed E-state index contributed by atoms with van der Waals surface area (Å²) in [6.07, 6.45) is 1.39. The Morgan fingerprint density at radius 3 is 2.65 bits per heavy atom. The van der Waals surface area contributed by atoms with Gasteiger partial charge in [-0.25, -0.2) is 4.98 Å². The number of carbonyl (C=O) groups is 1. The Morgan fingerprint density at radius 2 is 2.00 bits per heavy atom. The molecule has 104 valence electrons. The van der Waals surface area contributed by atoms with Crippen LogP contribution in [-0.4, -0.2) is 30.0 Å². The molecule has 2 rings (SSSR count). The number of aromatic nitrogens is 2. The monoisotopic (exact) mass is 336 g/mol. The molecule has 0 aliphatic heterocycles. The maximum absolute atomic E-state index is 12.6. The minimum atomic E-state index is -0.240. The molecule has 0 saturated carbocycles. The molecule has 6 heteroatoms. The van der Waals surface area contributed by atoms with Gasteiger partial charge in [0.2, 0.25) is 17.5 Å². The topological polar surface area (TPSA) is 61.3 Å². The fraction of sp³-hybridized carbons (Fsp3) is 0.214. The number of benzene rings is 1. The van der Waals surface area contributed by atoms with Gasteiger partial charge in [-0.2, -0.15) is 4.98 Å². The Balaban J connectivity index is 2.50. The van der Waals surface area contributed by atoms with Gasteiger partial charge in [0.1, 0.15) is 0 Å². The molecule has 0 bridgehead atoms. The summed E-state index contributed by atoms with van der Waals surface area (Å²) in [4.78, 5) is 20.7. The molecule has 1 aromatic heterocycles. The summed E-state index contributed by atoms with van der Waals surface area (Å²) in [6.45, 7) is 1.86.